The van der Waals surface area contributed by atoms with Crippen LogP contribution in [-0.2, 0) is 11.3 Å². The molecule has 1 amide bonds. The zero-order chi connectivity index (χ0) is 29.6. The molecule has 8 heteroatoms. The van der Waals surface area contributed by atoms with Crippen molar-refractivity contribution in [1.82, 2.24) is 20.1 Å². The number of carbonyl (C=O) groups excluding carboxylic acids is 1. The molecule has 0 aliphatic carbocycles. The van der Waals surface area contributed by atoms with E-state index in [1.165, 1.54) is 0 Å². The molecule has 0 aliphatic rings. The summed E-state index contributed by atoms with van der Waals surface area (Å²) in [6, 6.07) is 33.5. The van der Waals surface area contributed by atoms with Gasteiger partial charge in [-0.15, -0.1) is 11.3 Å². The van der Waals surface area contributed by atoms with Crippen LogP contribution >= 0.6 is 11.3 Å². The lowest BCUT2D eigenvalue weighted by Crippen LogP contribution is -2.23. The summed E-state index contributed by atoms with van der Waals surface area (Å²) in [6.07, 6.45) is 4.18. The Morgan fingerprint density at radius 2 is 1.63 bits per heavy atom. The highest BCUT2D eigenvalue weighted by atomic mass is 32.1. The van der Waals surface area contributed by atoms with E-state index in [0.29, 0.717) is 6.54 Å². The Hall–Kier alpha value is -5.21. The molecule has 0 aliphatic heterocycles. The van der Waals surface area contributed by atoms with Crippen molar-refractivity contribution in [2.45, 2.75) is 13.0 Å². The fraction of sp³-hybridized carbons (Fsp3) is 0.114. The summed E-state index contributed by atoms with van der Waals surface area (Å²) < 4.78 is 13.8. The molecule has 0 bridgehead atoms. The van der Waals surface area contributed by atoms with Crippen LogP contribution in [0.4, 0.5) is 0 Å². The van der Waals surface area contributed by atoms with Crippen molar-refractivity contribution in [3.05, 3.63) is 125 Å². The van der Waals surface area contributed by atoms with E-state index in [4.69, 9.17) is 19.6 Å². The van der Waals surface area contributed by atoms with Crippen molar-refractivity contribution in [3.63, 3.8) is 0 Å². The SMILES string of the molecule is COc1ccc(-c2nn(-c3ccccc3)cc2/C=C(/CC(=O)NCc2ccccc2OC)c2nc3ccccc3s2)cc1. The fourth-order valence-electron chi connectivity index (χ4n) is 4.84. The molecule has 0 spiro atoms. The van der Waals surface area contributed by atoms with Gasteiger partial charge in [-0.3, -0.25) is 4.79 Å². The van der Waals surface area contributed by atoms with Gasteiger partial charge in [0.1, 0.15) is 16.5 Å². The first-order chi connectivity index (χ1) is 21.1. The van der Waals surface area contributed by atoms with Gasteiger partial charge in [0.05, 0.1) is 42.2 Å². The summed E-state index contributed by atoms with van der Waals surface area (Å²) in [6.45, 7) is 0.360. The van der Waals surface area contributed by atoms with Gasteiger partial charge in [0, 0.05) is 29.4 Å². The molecular formula is C35H30N4O3S. The van der Waals surface area contributed by atoms with Crippen molar-refractivity contribution in [2.24, 2.45) is 0 Å². The van der Waals surface area contributed by atoms with Crippen LogP contribution in [0, 0.1) is 0 Å². The van der Waals surface area contributed by atoms with Crippen LogP contribution in [0.3, 0.4) is 0 Å². The molecule has 0 saturated heterocycles. The summed E-state index contributed by atoms with van der Waals surface area (Å²) in [5.74, 6) is 1.39. The Balaban J connectivity index is 1.40. The predicted molar refractivity (Wildman–Crippen MR) is 173 cm³/mol. The molecule has 0 saturated carbocycles. The minimum absolute atomic E-state index is 0.113. The maximum atomic E-state index is 13.4. The monoisotopic (exact) mass is 586 g/mol. The average molecular weight is 587 g/mol. The van der Waals surface area contributed by atoms with Crippen LogP contribution in [0.5, 0.6) is 11.5 Å². The van der Waals surface area contributed by atoms with Gasteiger partial charge in [0.2, 0.25) is 5.91 Å². The van der Waals surface area contributed by atoms with Gasteiger partial charge >= 0.3 is 0 Å². The lowest BCUT2D eigenvalue weighted by molar-refractivity contribution is -0.120. The molecule has 2 aromatic heterocycles. The third kappa shape index (κ3) is 6.34. The number of hydrogen-bond acceptors (Lipinski definition) is 6. The molecule has 4 aromatic carbocycles. The topological polar surface area (TPSA) is 78.3 Å². The Morgan fingerprint density at radius 3 is 2.40 bits per heavy atom. The number of nitrogens with zero attached hydrogens (tertiary/aromatic N) is 3. The number of amides is 1. The third-order valence-electron chi connectivity index (χ3n) is 7.04. The minimum atomic E-state index is -0.113. The van der Waals surface area contributed by atoms with E-state index in [1.807, 2.05) is 120 Å². The number of hydrogen-bond donors (Lipinski definition) is 1. The Bertz CT molecular complexity index is 1860. The molecule has 0 unspecified atom stereocenters. The number of benzene rings is 4. The highest BCUT2D eigenvalue weighted by Gasteiger charge is 2.18. The number of rotatable bonds is 10. The highest BCUT2D eigenvalue weighted by molar-refractivity contribution is 7.19. The van der Waals surface area contributed by atoms with Crippen molar-refractivity contribution >= 4 is 39.1 Å². The number of carbonyl (C=O) groups is 1. The van der Waals surface area contributed by atoms with Crippen LogP contribution in [0.15, 0.2) is 109 Å². The van der Waals surface area contributed by atoms with Crippen LogP contribution in [-0.4, -0.2) is 34.9 Å². The van der Waals surface area contributed by atoms with E-state index in [9.17, 15) is 4.79 Å². The van der Waals surface area contributed by atoms with Crippen LogP contribution < -0.4 is 14.8 Å². The van der Waals surface area contributed by atoms with Crippen LogP contribution in [0.1, 0.15) is 22.6 Å². The van der Waals surface area contributed by atoms with Gasteiger partial charge in [0.15, 0.2) is 0 Å². The number of fused-ring (bicyclic) bond motifs is 1. The molecule has 0 atom stereocenters. The summed E-state index contributed by atoms with van der Waals surface area (Å²) >= 11 is 1.57. The normalized spacial score (nSPS) is 11.4. The van der Waals surface area contributed by atoms with Crippen LogP contribution in [0.25, 0.3) is 38.8 Å². The summed E-state index contributed by atoms with van der Waals surface area (Å²) in [7, 11) is 3.28. The van der Waals surface area contributed by atoms with E-state index >= 15 is 0 Å². The summed E-state index contributed by atoms with van der Waals surface area (Å²) in [5, 5.41) is 8.83. The maximum Gasteiger partial charge on any atom is 0.224 e. The quantitative estimate of drug-likeness (QED) is 0.181. The molecular weight excluding hydrogens is 556 g/mol. The van der Waals surface area contributed by atoms with Crippen LogP contribution in [0.2, 0.25) is 0 Å². The summed E-state index contributed by atoms with van der Waals surface area (Å²) in [4.78, 5) is 18.3. The number of nitrogens with one attached hydrogen (secondary N) is 1. The zero-order valence-corrected chi connectivity index (χ0v) is 24.7. The van der Waals surface area contributed by atoms with E-state index in [-0.39, 0.29) is 12.3 Å². The van der Waals surface area contributed by atoms with E-state index in [0.717, 1.165) is 60.4 Å². The second kappa shape index (κ2) is 12.8. The van der Waals surface area contributed by atoms with Gasteiger partial charge in [-0.2, -0.15) is 5.10 Å². The molecule has 214 valence electrons. The largest absolute Gasteiger partial charge is 0.497 e. The van der Waals surface area contributed by atoms with Crippen molar-refractivity contribution in [3.8, 4) is 28.4 Å². The van der Waals surface area contributed by atoms with E-state index in [1.54, 1.807) is 25.6 Å². The standard InChI is InChI=1S/C35H30N4O3S/c1-41-29-18-16-24(17-19-29)34-27(23-39(38-34)28-11-4-3-5-12-28)20-26(35-37-30-13-7-9-15-32(30)43-35)21-33(40)36-22-25-10-6-8-14-31(25)42-2/h3-20,23H,21-22H2,1-2H3,(H,36,40)/b26-20-. The Morgan fingerprint density at radius 1 is 0.884 bits per heavy atom. The molecule has 43 heavy (non-hydrogen) atoms. The third-order valence-corrected chi connectivity index (χ3v) is 8.16. The highest BCUT2D eigenvalue weighted by Crippen LogP contribution is 2.33. The van der Waals surface area contributed by atoms with Gasteiger partial charge in [0.25, 0.3) is 0 Å². The van der Waals surface area contributed by atoms with E-state index in [2.05, 4.69) is 5.32 Å². The van der Waals surface area contributed by atoms with Gasteiger partial charge in [-0.1, -0.05) is 48.5 Å². The fourth-order valence-corrected chi connectivity index (χ4v) is 5.82. The average Bonchev–Trinajstić information content (AvgIpc) is 3.69. The molecule has 0 radical (unpaired) electrons. The lowest BCUT2D eigenvalue weighted by Gasteiger charge is -2.10. The van der Waals surface area contributed by atoms with Gasteiger partial charge in [-0.05, 0) is 66.2 Å². The lowest BCUT2D eigenvalue weighted by atomic mass is 10.0. The van der Waals surface area contributed by atoms with E-state index < -0.39 is 0 Å². The van der Waals surface area contributed by atoms with Crippen molar-refractivity contribution in [1.29, 1.82) is 0 Å². The summed E-state index contributed by atoms with van der Waals surface area (Å²) in [5.41, 5.74) is 6.16. The number of aromatic nitrogens is 3. The Labute approximate surface area is 254 Å². The number of para-hydroxylation sites is 3. The molecule has 0 fully saturated rings. The molecule has 7 nitrogen and oxygen atoms in total. The number of thiazole rings is 1. The van der Waals surface area contributed by atoms with Gasteiger partial charge < -0.3 is 14.8 Å². The van der Waals surface area contributed by atoms with Crippen molar-refractivity contribution < 1.29 is 14.3 Å². The van der Waals surface area contributed by atoms with Crippen molar-refractivity contribution in [2.75, 3.05) is 14.2 Å². The maximum absolute atomic E-state index is 13.4. The predicted octanol–water partition coefficient (Wildman–Crippen LogP) is 7.41. The second-order valence-electron chi connectivity index (χ2n) is 9.86. The smallest absolute Gasteiger partial charge is 0.224 e. The zero-order valence-electron chi connectivity index (χ0n) is 23.9. The first-order valence-electron chi connectivity index (χ1n) is 13.9. The number of methoxy groups -OCH3 is 2. The molecule has 1 N–H and O–H groups in total. The minimum Gasteiger partial charge on any atom is -0.497 e. The molecule has 2 heterocycles. The second-order valence-corrected chi connectivity index (χ2v) is 10.9. The first-order valence-corrected chi connectivity index (χ1v) is 14.7. The number of ether oxygens (including phenoxy) is 2. The molecule has 6 rings (SSSR count). The van der Waals surface area contributed by atoms with Gasteiger partial charge in [-0.25, -0.2) is 9.67 Å². The first kappa shape index (κ1) is 27.9. The molecule has 6 aromatic rings. The Kier molecular flexibility index (Phi) is 8.28.